The molecule has 0 fully saturated rings. The molecule has 7 heteroatoms. The highest BCUT2D eigenvalue weighted by atomic mass is 16.5. The zero-order valence-electron chi connectivity index (χ0n) is 15.7. The largest absolute Gasteiger partial charge is 0.494 e. The molecule has 1 amide bonds. The van der Waals surface area contributed by atoms with E-state index in [1.165, 1.54) is 11.8 Å². The maximum atomic E-state index is 13.1. The van der Waals surface area contributed by atoms with Gasteiger partial charge in [0.25, 0.3) is 11.5 Å². The smallest absolute Gasteiger partial charge is 0.279 e. The summed E-state index contributed by atoms with van der Waals surface area (Å²) in [6.45, 7) is 0.302. The first-order valence-electron chi connectivity index (χ1n) is 9.01. The molecule has 0 radical (unpaired) electrons. The molecule has 4 aromatic rings. The first-order valence-corrected chi connectivity index (χ1v) is 9.01. The van der Waals surface area contributed by atoms with E-state index in [4.69, 9.17) is 4.74 Å². The van der Waals surface area contributed by atoms with Gasteiger partial charge in [-0.1, -0.05) is 36.4 Å². The number of hydrogen-bond donors (Lipinski definition) is 1. The summed E-state index contributed by atoms with van der Waals surface area (Å²) in [5.74, 6) is 0.104. The number of benzene rings is 2. The van der Waals surface area contributed by atoms with Gasteiger partial charge in [0.05, 0.1) is 12.5 Å². The molecule has 2 aromatic carbocycles. The average Bonchev–Trinajstić information content (AvgIpc) is 2.78. The molecule has 0 unspecified atom stereocenters. The van der Waals surface area contributed by atoms with Crippen molar-refractivity contribution in [2.45, 2.75) is 6.54 Å². The third-order valence-electron chi connectivity index (χ3n) is 4.51. The Kier molecular flexibility index (Phi) is 5.03. The van der Waals surface area contributed by atoms with Crippen molar-refractivity contribution in [2.24, 2.45) is 0 Å². The van der Waals surface area contributed by atoms with Crippen LogP contribution in [0, 0.1) is 0 Å². The first-order chi connectivity index (χ1) is 14.2. The fraction of sp³-hybridized carbons (Fsp3) is 0.0909. The lowest BCUT2D eigenvalue weighted by atomic mass is 10.1. The van der Waals surface area contributed by atoms with Crippen LogP contribution in [0.15, 0.2) is 77.9 Å². The van der Waals surface area contributed by atoms with Gasteiger partial charge in [0.1, 0.15) is 11.4 Å². The SMILES string of the molecule is COc1ccccc1-n1nc(C(=O)NCc2cccnc2)c2ccccc2c1=O. The Balaban J connectivity index is 1.82. The second-order valence-electron chi connectivity index (χ2n) is 6.33. The van der Waals surface area contributed by atoms with Gasteiger partial charge in [0, 0.05) is 24.3 Å². The molecule has 0 saturated carbocycles. The van der Waals surface area contributed by atoms with Crippen LogP contribution in [-0.4, -0.2) is 27.8 Å². The number of pyridine rings is 1. The first kappa shape index (κ1) is 18.4. The molecule has 1 N–H and O–H groups in total. The van der Waals surface area contributed by atoms with Gasteiger partial charge in [-0.05, 0) is 29.8 Å². The molecular formula is C22H18N4O3. The van der Waals surface area contributed by atoms with E-state index in [-0.39, 0.29) is 17.2 Å². The van der Waals surface area contributed by atoms with Gasteiger partial charge in [-0.2, -0.15) is 9.78 Å². The molecule has 144 valence electrons. The van der Waals surface area contributed by atoms with Crippen LogP contribution in [0.1, 0.15) is 16.1 Å². The fourth-order valence-corrected chi connectivity index (χ4v) is 3.09. The number of rotatable bonds is 5. The number of hydrogen-bond acceptors (Lipinski definition) is 5. The normalized spacial score (nSPS) is 10.7. The number of methoxy groups -OCH3 is 1. The van der Waals surface area contributed by atoms with E-state index in [2.05, 4.69) is 15.4 Å². The Morgan fingerprint density at radius 1 is 1.03 bits per heavy atom. The van der Waals surface area contributed by atoms with Crippen LogP contribution in [0.25, 0.3) is 16.5 Å². The molecular weight excluding hydrogens is 368 g/mol. The predicted molar refractivity (Wildman–Crippen MR) is 109 cm³/mol. The number of carbonyl (C=O) groups excluding carboxylic acids is 1. The van der Waals surface area contributed by atoms with Gasteiger partial charge >= 0.3 is 0 Å². The highest BCUT2D eigenvalue weighted by molar-refractivity contribution is 6.04. The summed E-state index contributed by atoms with van der Waals surface area (Å²) < 4.78 is 6.57. The second-order valence-corrected chi connectivity index (χ2v) is 6.33. The zero-order valence-corrected chi connectivity index (χ0v) is 15.7. The number of nitrogens with zero attached hydrogens (tertiary/aromatic N) is 3. The molecule has 0 aliphatic heterocycles. The van der Waals surface area contributed by atoms with Gasteiger partial charge in [-0.15, -0.1) is 0 Å². The fourth-order valence-electron chi connectivity index (χ4n) is 3.09. The van der Waals surface area contributed by atoms with Crippen LogP contribution in [0.3, 0.4) is 0 Å². The zero-order chi connectivity index (χ0) is 20.2. The Hall–Kier alpha value is -4.00. The Bertz CT molecular complexity index is 1240. The molecule has 0 atom stereocenters. The van der Waals surface area contributed by atoms with Gasteiger partial charge in [-0.3, -0.25) is 14.6 Å². The van der Waals surface area contributed by atoms with Crippen LogP contribution in [0.4, 0.5) is 0 Å². The lowest BCUT2D eigenvalue weighted by Gasteiger charge is -2.13. The molecule has 2 aromatic heterocycles. The molecule has 0 bridgehead atoms. The topological polar surface area (TPSA) is 86.1 Å². The summed E-state index contributed by atoms with van der Waals surface area (Å²) >= 11 is 0. The summed E-state index contributed by atoms with van der Waals surface area (Å²) in [7, 11) is 1.52. The van der Waals surface area contributed by atoms with Crippen LogP contribution in [0.2, 0.25) is 0 Å². The molecule has 2 heterocycles. The van der Waals surface area contributed by atoms with Crippen molar-refractivity contribution in [2.75, 3.05) is 7.11 Å². The lowest BCUT2D eigenvalue weighted by molar-refractivity contribution is 0.0946. The van der Waals surface area contributed by atoms with E-state index in [1.807, 2.05) is 6.07 Å². The monoisotopic (exact) mass is 386 g/mol. The van der Waals surface area contributed by atoms with Gasteiger partial charge < -0.3 is 10.1 Å². The number of aromatic nitrogens is 3. The van der Waals surface area contributed by atoms with E-state index < -0.39 is 0 Å². The Morgan fingerprint density at radius 3 is 2.55 bits per heavy atom. The number of fused-ring (bicyclic) bond motifs is 1. The summed E-state index contributed by atoms with van der Waals surface area (Å²) in [6, 6.07) is 17.6. The van der Waals surface area contributed by atoms with Crippen molar-refractivity contribution in [3.63, 3.8) is 0 Å². The van der Waals surface area contributed by atoms with E-state index >= 15 is 0 Å². The van der Waals surface area contributed by atoms with Crippen LogP contribution < -0.4 is 15.6 Å². The van der Waals surface area contributed by atoms with Crippen molar-refractivity contribution in [3.8, 4) is 11.4 Å². The summed E-state index contributed by atoms with van der Waals surface area (Å²) in [5, 5.41) is 8.13. The maximum Gasteiger partial charge on any atom is 0.279 e. The van der Waals surface area contributed by atoms with E-state index in [0.717, 1.165) is 5.56 Å². The third-order valence-corrected chi connectivity index (χ3v) is 4.51. The standard InChI is InChI=1S/C22H18N4O3/c1-29-19-11-5-4-10-18(19)26-22(28)17-9-3-2-8-16(17)20(25-26)21(27)24-14-15-7-6-12-23-13-15/h2-13H,14H2,1H3,(H,24,27). The van der Waals surface area contributed by atoms with E-state index in [1.54, 1.807) is 67.0 Å². The number of carbonyl (C=O) groups is 1. The number of nitrogens with one attached hydrogen (secondary N) is 1. The van der Waals surface area contributed by atoms with Crippen LogP contribution in [0.5, 0.6) is 5.75 Å². The van der Waals surface area contributed by atoms with Crippen LogP contribution >= 0.6 is 0 Å². The van der Waals surface area contributed by atoms with Gasteiger partial charge in [0.15, 0.2) is 5.69 Å². The molecule has 29 heavy (non-hydrogen) atoms. The summed E-state index contributed by atoms with van der Waals surface area (Å²) in [4.78, 5) is 30.0. The van der Waals surface area contributed by atoms with Crippen molar-refractivity contribution >= 4 is 16.7 Å². The van der Waals surface area contributed by atoms with Crippen molar-refractivity contribution in [3.05, 3.63) is 94.7 Å². The minimum atomic E-state index is -0.381. The van der Waals surface area contributed by atoms with Gasteiger partial charge in [0.2, 0.25) is 0 Å². The molecule has 4 rings (SSSR count). The van der Waals surface area contributed by atoms with Gasteiger partial charge in [-0.25, -0.2) is 0 Å². The Labute approximate surface area is 166 Å². The molecule has 0 aliphatic rings. The number of ether oxygens (including phenoxy) is 1. The van der Waals surface area contributed by atoms with Crippen molar-refractivity contribution in [1.82, 2.24) is 20.1 Å². The molecule has 0 spiro atoms. The highest BCUT2D eigenvalue weighted by Gasteiger charge is 2.18. The molecule has 0 aliphatic carbocycles. The van der Waals surface area contributed by atoms with Crippen LogP contribution in [-0.2, 0) is 6.54 Å². The van der Waals surface area contributed by atoms with Crippen molar-refractivity contribution in [1.29, 1.82) is 0 Å². The predicted octanol–water partition coefficient (Wildman–Crippen LogP) is 2.72. The van der Waals surface area contributed by atoms with E-state index in [9.17, 15) is 9.59 Å². The second kappa shape index (κ2) is 7.93. The number of para-hydroxylation sites is 2. The number of amides is 1. The summed E-state index contributed by atoms with van der Waals surface area (Å²) in [6.07, 6.45) is 3.35. The quantitative estimate of drug-likeness (QED) is 0.570. The molecule has 7 nitrogen and oxygen atoms in total. The average molecular weight is 386 g/mol. The van der Waals surface area contributed by atoms with E-state index in [0.29, 0.717) is 28.8 Å². The highest BCUT2D eigenvalue weighted by Crippen LogP contribution is 2.22. The third kappa shape index (κ3) is 3.58. The maximum absolute atomic E-state index is 13.1. The molecule has 0 saturated heterocycles. The van der Waals surface area contributed by atoms with Crippen molar-refractivity contribution < 1.29 is 9.53 Å². The minimum Gasteiger partial charge on any atom is -0.494 e. The minimum absolute atomic E-state index is 0.162. The Morgan fingerprint density at radius 2 is 1.79 bits per heavy atom. The summed E-state index contributed by atoms with van der Waals surface area (Å²) in [5.41, 5.74) is 1.17. The lowest BCUT2D eigenvalue weighted by Crippen LogP contribution is -2.30.